The van der Waals surface area contributed by atoms with Crippen LogP contribution in [0.15, 0.2) is 40.0 Å². The molecule has 0 unspecified atom stereocenters. The number of hydrogen-bond acceptors (Lipinski definition) is 11. The molecule has 2 amide bonds. The minimum absolute atomic E-state index is 0.0204. The fourth-order valence-electron chi connectivity index (χ4n) is 4.14. The zero-order chi connectivity index (χ0) is 27.6. The maximum Gasteiger partial charge on any atom is 0.352 e. The molecule has 200 valence electrons. The number of nitrogens with zero attached hydrogens (tertiary/aromatic N) is 3. The molecule has 2 atom stereocenters. The molecule has 4 N–H and O–H groups in total. The fraction of sp³-hybridized carbons (Fsp3) is 0.333. The van der Waals surface area contributed by atoms with E-state index >= 15 is 0 Å². The van der Waals surface area contributed by atoms with Crippen LogP contribution in [-0.4, -0.2) is 67.9 Å². The van der Waals surface area contributed by atoms with Crippen molar-refractivity contribution in [2.45, 2.75) is 37.4 Å². The lowest BCUT2D eigenvalue weighted by molar-refractivity contribution is -0.150. The molecule has 0 aliphatic carbocycles. The number of oxime groups is 1. The quantitative estimate of drug-likeness (QED) is 0.229. The van der Waals surface area contributed by atoms with Crippen LogP contribution in [0.5, 0.6) is 0 Å². The SMILES string of the molecule is CO/N=C(/C(=O)N[C@@H]1C(=O)N2C(C(=O)O)=C(Cc3cc(CSC(C)=O)ccc3C)CS[C@H]12)c1csc(N)n1. The number of carbonyl (C=O) groups is 4. The number of carbonyl (C=O) groups excluding carboxylic acids is 3. The molecule has 14 heteroatoms. The normalized spacial score (nSPS) is 19.1. The summed E-state index contributed by atoms with van der Waals surface area (Å²) in [5.41, 5.74) is 9.15. The second kappa shape index (κ2) is 11.6. The number of nitrogens with two attached hydrogens (primary N) is 1. The van der Waals surface area contributed by atoms with Crippen molar-refractivity contribution in [3.8, 4) is 0 Å². The van der Waals surface area contributed by atoms with Gasteiger partial charge in [-0.3, -0.25) is 19.3 Å². The van der Waals surface area contributed by atoms with Gasteiger partial charge >= 0.3 is 5.97 Å². The first-order valence-electron chi connectivity index (χ1n) is 11.4. The summed E-state index contributed by atoms with van der Waals surface area (Å²) in [6.45, 7) is 3.45. The summed E-state index contributed by atoms with van der Waals surface area (Å²) < 4.78 is 0. The first-order chi connectivity index (χ1) is 18.1. The fourth-order valence-corrected chi connectivity index (χ4v) is 6.58. The van der Waals surface area contributed by atoms with Crippen LogP contribution in [-0.2, 0) is 36.2 Å². The summed E-state index contributed by atoms with van der Waals surface area (Å²) in [5, 5.41) is 17.6. The van der Waals surface area contributed by atoms with Gasteiger partial charge in [-0.25, -0.2) is 9.78 Å². The van der Waals surface area contributed by atoms with Gasteiger partial charge in [0, 0.05) is 23.8 Å². The smallest absolute Gasteiger partial charge is 0.352 e. The van der Waals surface area contributed by atoms with Crippen LogP contribution in [0.3, 0.4) is 0 Å². The van der Waals surface area contributed by atoms with Gasteiger partial charge < -0.3 is 21.0 Å². The predicted octanol–water partition coefficient (Wildman–Crippen LogP) is 2.15. The summed E-state index contributed by atoms with van der Waals surface area (Å²) in [6, 6.07) is 4.92. The average molecular weight is 576 g/mol. The molecule has 1 aromatic heterocycles. The lowest BCUT2D eigenvalue weighted by atomic mass is 9.95. The molecular weight excluding hydrogens is 550 g/mol. The predicted molar refractivity (Wildman–Crippen MR) is 147 cm³/mol. The molecule has 2 aromatic rings. The number of aryl methyl sites for hydroxylation is 1. The second-order valence-electron chi connectivity index (χ2n) is 8.53. The number of nitrogens with one attached hydrogen (secondary N) is 1. The van der Waals surface area contributed by atoms with Crippen LogP contribution in [0.1, 0.15) is 29.3 Å². The Hall–Kier alpha value is -3.36. The number of benzene rings is 1. The molecule has 1 fully saturated rings. The maximum atomic E-state index is 13.1. The Morgan fingerprint density at radius 2 is 2.13 bits per heavy atom. The molecule has 1 aromatic carbocycles. The molecule has 1 saturated heterocycles. The van der Waals surface area contributed by atoms with E-state index in [1.54, 1.807) is 5.38 Å². The van der Waals surface area contributed by atoms with Crippen molar-refractivity contribution in [1.29, 1.82) is 0 Å². The highest BCUT2D eigenvalue weighted by atomic mass is 32.2. The van der Waals surface area contributed by atoms with Gasteiger partial charge in [-0.05, 0) is 35.6 Å². The van der Waals surface area contributed by atoms with E-state index in [1.807, 2.05) is 25.1 Å². The molecule has 0 saturated carbocycles. The van der Waals surface area contributed by atoms with E-state index in [2.05, 4.69) is 15.5 Å². The Labute approximate surface area is 230 Å². The second-order valence-corrected chi connectivity index (χ2v) is 11.7. The van der Waals surface area contributed by atoms with Gasteiger partial charge in [0.25, 0.3) is 11.8 Å². The number of carboxylic acids is 1. The molecule has 0 spiro atoms. The summed E-state index contributed by atoms with van der Waals surface area (Å²) in [5.74, 6) is -1.51. The third-order valence-corrected chi connectivity index (χ3v) is 8.86. The number of aliphatic carboxylic acids is 1. The minimum atomic E-state index is -1.20. The van der Waals surface area contributed by atoms with Crippen LogP contribution in [0.2, 0.25) is 0 Å². The first-order valence-corrected chi connectivity index (χ1v) is 14.3. The Bertz CT molecular complexity index is 1370. The van der Waals surface area contributed by atoms with Gasteiger partial charge in [-0.1, -0.05) is 35.1 Å². The van der Waals surface area contributed by atoms with E-state index in [-0.39, 0.29) is 27.3 Å². The number of rotatable bonds is 9. The maximum absolute atomic E-state index is 13.1. The van der Waals surface area contributed by atoms with Crippen LogP contribution < -0.4 is 11.1 Å². The van der Waals surface area contributed by atoms with Gasteiger partial charge in [-0.2, -0.15) is 0 Å². The van der Waals surface area contributed by atoms with E-state index in [0.29, 0.717) is 23.5 Å². The Kier molecular flexibility index (Phi) is 8.43. The number of β-lactam (4-membered cyclic amide) rings is 1. The Morgan fingerprint density at radius 1 is 1.37 bits per heavy atom. The summed E-state index contributed by atoms with van der Waals surface area (Å²) in [6.07, 6.45) is 0.350. The zero-order valence-corrected chi connectivity index (χ0v) is 23.2. The van der Waals surface area contributed by atoms with E-state index in [1.165, 1.54) is 42.5 Å². The molecule has 4 rings (SSSR count). The third-order valence-electron chi connectivity index (χ3n) is 5.96. The van der Waals surface area contributed by atoms with Crippen LogP contribution >= 0.6 is 34.9 Å². The molecule has 0 radical (unpaired) electrons. The summed E-state index contributed by atoms with van der Waals surface area (Å²) >= 11 is 3.71. The summed E-state index contributed by atoms with van der Waals surface area (Å²) in [7, 11) is 1.28. The van der Waals surface area contributed by atoms with Crippen molar-refractivity contribution in [3.63, 3.8) is 0 Å². The highest BCUT2D eigenvalue weighted by Gasteiger charge is 2.54. The highest BCUT2D eigenvalue weighted by Crippen LogP contribution is 2.41. The zero-order valence-electron chi connectivity index (χ0n) is 20.7. The number of carboxylic acid groups (broad SMARTS) is 1. The standard InChI is InChI=1S/C24H25N5O6S3/c1-11-4-5-13(8-36-12(2)30)6-14(11)7-15-9-37-22-18(21(32)29(22)19(15)23(33)34)27-20(31)17(28-35-3)16-10-38-24(25)26-16/h4-6,10,18,22H,7-9H2,1-3H3,(H2,25,26)(H,27,31)(H,33,34)/b28-17+/t18-,22-/m1/s1. The molecule has 38 heavy (non-hydrogen) atoms. The highest BCUT2D eigenvalue weighted by molar-refractivity contribution is 8.12. The van der Waals surface area contributed by atoms with Crippen LogP contribution in [0, 0.1) is 6.92 Å². The minimum Gasteiger partial charge on any atom is -0.477 e. The van der Waals surface area contributed by atoms with Gasteiger partial charge in [0.1, 0.15) is 29.9 Å². The van der Waals surface area contributed by atoms with E-state index < -0.39 is 29.2 Å². The third kappa shape index (κ3) is 5.71. The van der Waals surface area contributed by atoms with Gasteiger partial charge in [0.2, 0.25) is 0 Å². The lowest BCUT2D eigenvalue weighted by Gasteiger charge is -2.49. The Morgan fingerprint density at radius 3 is 2.76 bits per heavy atom. The van der Waals surface area contributed by atoms with E-state index in [0.717, 1.165) is 28.0 Å². The number of nitrogen functional groups attached to an aromatic ring is 1. The van der Waals surface area contributed by atoms with Gasteiger partial charge in [0.15, 0.2) is 16.0 Å². The molecule has 2 aliphatic heterocycles. The molecule has 0 bridgehead atoms. The van der Waals surface area contributed by atoms with Crippen molar-refractivity contribution in [2.24, 2.45) is 5.16 Å². The number of thioether (sulfide) groups is 2. The molecule has 3 heterocycles. The van der Waals surface area contributed by atoms with Crippen molar-refractivity contribution < 1.29 is 29.1 Å². The van der Waals surface area contributed by atoms with Gasteiger partial charge in [0.05, 0.1) is 0 Å². The molecule has 2 aliphatic rings. The number of thiazole rings is 1. The van der Waals surface area contributed by atoms with Gasteiger partial charge in [-0.15, -0.1) is 23.1 Å². The van der Waals surface area contributed by atoms with E-state index in [4.69, 9.17) is 10.6 Å². The van der Waals surface area contributed by atoms with Crippen molar-refractivity contribution >= 4 is 68.6 Å². The number of aromatic nitrogens is 1. The van der Waals surface area contributed by atoms with Crippen LogP contribution in [0.25, 0.3) is 0 Å². The monoisotopic (exact) mass is 575 g/mol. The average Bonchev–Trinajstić information content (AvgIpc) is 3.31. The van der Waals surface area contributed by atoms with Crippen LogP contribution in [0.4, 0.5) is 5.13 Å². The summed E-state index contributed by atoms with van der Waals surface area (Å²) in [4.78, 5) is 59.7. The first kappa shape index (κ1) is 27.7. The van der Waals surface area contributed by atoms with Crippen molar-refractivity contribution in [2.75, 3.05) is 18.6 Å². The van der Waals surface area contributed by atoms with E-state index in [9.17, 15) is 24.3 Å². The van der Waals surface area contributed by atoms with Crippen molar-refractivity contribution in [3.05, 3.63) is 57.2 Å². The molecular formula is C24H25N5O6S3. The lowest BCUT2D eigenvalue weighted by Crippen LogP contribution is -2.71. The van der Waals surface area contributed by atoms with Crippen molar-refractivity contribution in [1.82, 2.24) is 15.2 Å². The number of amides is 2. The molecule has 11 nitrogen and oxygen atoms in total. The largest absolute Gasteiger partial charge is 0.477 e. The number of hydrogen-bond donors (Lipinski definition) is 3. The topological polar surface area (TPSA) is 164 Å². The number of fused-ring (bicyclic) bond motifs is 1. The number of anilines is 1. The Balaban J connectivity index is 1.53.